The first-order valence-corrected chi connectivity index (χ1v) is 4.46. The van der Waals surface area contributed by atoms with Crippen molar-refractivity contribution in [3.05, 3.63) is 24.2 Å². The van der Waals surface area contributed by atoms with Crippen molar-refractivity contribution in [2.75, 3.05) is 6.54 Å². The van der Waals surface area contributed by atoms with Crippen molar-refractivity contribution >= 4 is 5.78 Å². The Hall–Kier alpha value is -1.09. The van der Waals surface area contributed by atoms with Gasteiger partial charge in [0.2, 0.25) is 0 Å². The number of hydrogen-bond acceptors (Lipinski definition) is 3. The number of nitrogens with two attached hydrogens (primary N) is 1. The minimum absolute atomic E-state index is 0.188. The summed E-state index contributed by atoms with van der Waals surface area (Å²) in [4.78, 5) is 11.4. The van der Waals surface area contributed by atoms with E-state index >= 15 is 0 Å². The smallest absolute Gasteiger partial charge is 0.140 e. The number of Topliss-reactive ketones (excluding diaryl/α,β-unsaturated/α-hetero) is 1. The molecule has 0 aliphatic carbocycles. The largest absolute Gasteiger partial charge is 0.469 e. The van der Waals surface area contributed by atoms with Crippen LogP contribution in [-0.2, 0) is 11.2 Å². The molecule has 0 saturated carbocycles. The summed E-state index contributed by atoms with van der Waals surface area (Å²) >= 11 is 0. The van der Waals surface area contributed by atoms with Crippen LogP contribution in [-0.4, -0.2) is 12.3 Å². The van der Waals surface area contributed by atoms with Gasteiger partial charge in [-0.25, -0.2) is 0 Å². The molecule has 3 heteroatoms. The van der Waals surface area contributed by atoms with E-state index in [9.17, 15) is 4.79 Å². The van der Waals surface area contributed by atoms with Crippen molar-refractivity contribution in [3.8, 4) is 0 Å². The van der Waals surface area contributed by atoms with Crippen LogP contribution >= 0.6 is 0 Å². The van der Waals surface area contributed by atoms with Crippen molar-refractivity contribution in [2.45, 2.75) is 19.8 Å². The molecule has 0 amide bonds. The summed E-state index contributed by atoms with van der Waals surface area (Å²) in [5.74, 6) is 1.18. The van der Waals surface area contributed by atoms with Gasteiger partial charge in [0.1, 0.15) is 11.5 Å². The fraction of sp³-hybridized carbons (Fsp3) is 0.500. The molecule has 1 unspecified atom stereocenters. The number of carbonyl (C=O) groups excluding carboxylic acids is 1. The van der Waals surface area contributed by atoms with E-state index in [4.69, 9.17) is 10.2 Å². The third kappa shape index (κ3) is 3.42. The fourth-order valence-electron chi connectivity index (χ4n) is 1.15. The Balaban J connectivity index is 2.34. The third-order valence-electron chi connectivity index (χ3n) is 1.93. The highest BCUT2D eigenvalue weighted by Crippen LogP contribution is 2.06. The zero-order chi connectivity index (χ0) is 9.68. The van der Waals surface area contributed by atoms with Crippen molar-refractivity contribution in [1.82, 2.24) is 0 Å². The quantitative estimate of drug-likeness (QED) is 0.746. The van der Waals surface area contributed by atoms with Crippen LogP contribution in [0.1, 0.15) is 19.1 Å². The number of carbonyl (C=O) groups is 1. The monoisotopic (exact) mass is 181 g/mol. The molecule has 1 rings (SSSR count). The Labute approximate surface area is 77.9 Å². The van der Waals surface area contributed by atoms with E-state index in [-0.39, 0.29) is 11.7 Å². The highest BCUT2D eigenvalue weighted by Gasteiger charge is 2.09. The minimum atomic E-state index is 0.188. The molecule has 72 valence electrons. The summed E-state index contributed by atoms with van der Waals surface area (Å²) in [7, 11) is 0. The van der Waals surface area contributed by atoms with Gasteiger partial charge in [0.25, 0.3) is 0 Å². The number of furan rings is 1. The predicted molar refractivity (Wildman–Crippen MR) is 50.3 cm³/mol. The van der Waals surface area contributed by atoms with Gasteiger partial charge in [0.05, 0.1) is 12.7 Å². The first-order chi connectivity index (χ1) is 6.22. The maximum Gasteiger partial charge on any atom is 0.140 e. The lowest BCUT2D eigenvalue weighted by atomic mass is 10.0. The van der Waals surface area contributed by atoms with Gasteiger partial charge in [-0.1, -0.05) is 6.92 Å². The van der Waals surface area contributed by atoms with Gasteiger partial charge >= 0.3 is 0 Å². The maximum atomic E-state index is 11.4. The average molecular weight is 181 g/mol. The highest BCUT2D eigenvalue weighted by molar-refractivity contribution is 5.80. The number of hydrogen-bond donors (Lipinski definition) is 1. The molecular weight excluding hydrogens is 166 g/mol. The molecular formula is C10H15NO2. The van der Waals surface area contributed by atoms with Gasteiger partial charge in [-0.05, 0) is 24.6 Å². The lowest BCUT2D eigenvalue weighted by molar-refractivity contribution is -0.119. The van der Waals surface area contributed by atoms with Crippen LogP contribution in [0.5, 0.6) is 0 Å². The highest BCUT2D eigenvalue weighted by atomic mass is 16.3. The van der Waals surface area contributed by atoms with Gasteiger partial charge in [-0.2, -0.15) is 0 Å². The second kappa shape index (κ2) is 4.82. The van der Waals surface area contributed by atoms with E-state index in [1.54, 1.807) is 12.3 Å². The topological polar surface area (TPSA) is 56.2 Å². The molecule has 0 aliphatic heterocycles. The van der Waals surface area contributed by atoms with Gasteiger partial charge < -0.3 is 10.2 Å². The zero-order valence-electron chi connectivity index (χ0n) is 7.82. The second-order valence-electron chi connectivity index (χ2n) is 3.34. The molecule has 0 aliphatic rings. The van der Waals surface area contributed by atoms with Crippen LogP contribution in [0.25, 0.3) is 0 Å². The predicted octanol–water partition coefficient (Wildman–Crippen LogP) is 1.38. The summed E-state index contributed by atoms with van der Waals surface area (Å²) in [5.41, 5.74) is 5.42. The maximum absolute atomic E-state index is 11.4. The number of rotatable bonds is 5. The normalized spacial score (nSPS) is 12.8. The van der Waals surface area contributed by atoms with E-state index in [1.165, 1.54) is 0 Å². The van der Waals surface area contributed by atoms with E-state index < -0.39 is 0 Å². The molecule has 0 saturated heterocycles. The number of ketones is 1. The molecule has 0 radical (unpaired) electrons. The average Bonchev–Trinajstić information content (AvgIpc) is 2.56. The minimum Gasteiger partial charge on any atom is -0.469 e. The molecule has 1 atom stereocenters. The zero-order valence-corrected chi connectivity index (χ0v) is 7.82. The van der Waals surface area contributed by atoms with Crippen LogP contribution in [0.2, 0.25) is 0 Å². The second-order valence-corrected chi connectivity index (χ2v) is 3.34. The molecule has 1 heterocycles. The molecule has 0 spiro atoms. The third-order valence-corrected chi connectivity index (χ3v) is 1.93. The SMILES string of the molecule is CC(CN)CC(=O)Cc1ccco1. The van der Waals surface area contributed by atoms with Gasteiger partial charge in [-0.15, -0.1) is 0 Å². The lowest BCUT2D eigenvalue weighted by Gasteiger charge is -2.05. The van der Waals surface area contributed by atoms with E-state index in [1.807, 2.05) is 13.0 Å². The van der Waals surface area contributed by atoms with E-state index in [0.29, 0.717) is 19.4 Å². The first kappa shape index (κ1) is 9.99. The summed E-state index contributed by atoms with van der Waals surface area (Å²) in [6, 6.07) is 3.60. The summed E-state index contributed by atoms with van der Waals surface area (Å²) in [6.07, 6.45) is 2.50. The molecule has 0 aromatic carbocycles. The van der Waals surface area contributed by atoms with Crippen molar-refractivity contribution in [2.24, 2.45) is 11.7 Å². The molecule has 3 nitrogen and oxygen atoms in total. The Morgan fingerprint density at radius 1 is 1.69 bits per heavy atom. The Kier molecular flexibility index (Phi) is 3.71. The fourth-order valence-corrected chi connectivity index (χ4v) is 1.15. The molecule has 0 bridgehead atoms. The van der Waals surface area contributed by atoms with Crippen molar-refractivity contribution < 1.29 is 9.21 Å². The van der Waals surface area contributed by atoms with Gasteiger partial charge in [0, 0.05) is 6.42 Å². The van der Waals surface area contributed by atoms with Gasteiger partial charge in [-0.3, -0.25) is 4.79 Å². The lowest BCUT2D eigenvalue weighted by Crippen LogP contribution is -2.16. The van der Waals surface area contributed by atoms with E-state index in [0.717, 1.165) is 5.76 Å². The van der Waals surface area contributed by atoms with Crippen molar-refractivity contribution in [1.29, 1.82) is 0 Å². The first-order valence-electron chi connectivity index (χ1n) is 4.46. The molecule has 13 heavy (non-hydrogen) atoms. The van der Waals surface area contributed by atoms with E-state index in [2.05, 4.69) is 0 Å². The summed E-state index contributed by atoms with van der Waals surface area (Å²) in [5, 5.41) is 0. The van der Waals surface area contributed by atoms with Gasteiger partial charge in [0.15, 0.2) is 0 Å². The molecule has 0 fully saturated rings. The molecule has 1 aromatic rings. The summed E-state index contributed by atoms with van der Waals surface area (Å²) < 4.78 is 5.07. The Bertz CT molecular complexity index is 254. The van der Waals surface area contributed by atoms with Crippen LogP contribution in [0.4, 0.5) is 0 Å². The molecule has 2 N–H and O–H groups in total. The summed E-state index contributed by atoms with van der Waals surface area (Å²) in [6.45, 7) is 2.53. The standard InChI is InChI=1S/C10H15NO2/c1-8(7-11)5-9(12)6-10-3-2-4-13-10/h2-4,8H,5-7,11H2,1H3. The van der Waals surface area contributed by atoms with Crippen LogP contribution < -0.4 is 5.73 Å². The van der Waals surface area contributed by atoms with Crippen LogP contribution in [0.3, 0.4) is 0 Å². The van der Waals surface area contributed by atoms with Crippen LogP contribution in [0, 0.1) is 5.92 Å². The Morgan fingerprint density at radius 2 is 2.46 bits per heavy atom. The molecule has 1 aromatic heterocycles. The van der Waals surface area contributed by atoms with Crippen LogP contribution in [0.15, 0.2) is 22.8 Å². The van der Waals surface area contributed by atoms with Crippen molar-refractivity contribution in [3.63, 3.8) is 0 Å². The Morgan fingerprint density at radius 3 is 3.00 bits per heavy atom.